The van der Waals surface area contributed by atoms with E-state index in [9.17, 15) is 5.11 Å². The third kappa shape index (κ3) is 2.07. The molecular formula is C14H21NO. The van der Waals surface area contributed by atoms with Crippen molar-refractivity contribution in [1.29, 1.82) is 0 Å². The van der Waals surface area contributed by atoms with Crippen LogP contribution in [0.3, 0.4) is 0 Å². The fraction of sp³-hybridized carbons (Fsp3) is 0.571. The summed E-state index contributed by atoms with van der Waals surface area (Å²) < 4.78 is 0. The first-order valence-corrected chi connectivity index (χ1v) is 5.99. The molecule has 0 spiro atoms. The van der Waals surface area contributed by atoms with Crippen molar-refractivity contribution in [2.24, 2.45) is 5.92 Å². The normalized spacial score (nSPS) is 20.1. The fourth-order valence-corrected chi connectivity index (χ4v) is 2.36. The Labute approximate surface area is 97.7 Å². The van der Waals surface area contributed by atoms with Crippen molar-refractivity contribution in [2.45, 2.75) is 32.6 Å². The van der Waals surface area contributed by atoms with E-state index in [2.05, 4.69) is 44.3 Å². The van der Waals surface area contributed by atoms with Crippen molar-refractivity contribution in [1.82, 2.24) is 0 Å². The summed E-state index contributed by atoms with van der Waals surface area (Å²) in [5.74, 6) is 0.364. The van der Waals surface area contributed by atoms with Gasteiger partial charge in [0.15, 0.2) is 0 Å². The zero-order valence-corrected chi connectivity index (χ0v) is 10.4. The smallest absolute Gasteiger partial charge is 0.0479 e. The van der Waals surface area contributed by atoms with Gasteiger partial charge in [0, 0.05) is 24.8 Å². The molecular weight excluding hydrogens is 198 g/mol. The van der Waals surface area contributed by atoms with Crippen LogP contribution in [-0.4, -0.2) is 18.3 Å². The molecule has 0 saturated carbocycles. The van der Waals surface area contributed by atoms with Crippen LogP contribution < -0.4 is 5.32 Å². The Balaban J connectivity index is 2.39. The van der Waals surface area contributed by atoms with Gasteiger partial charge in [-0.2, -0.15) is 0 Å². The Kier molecular flexibility index (Phi) is 2.94. The summed E-state index contributed by atoms with van der Waals surface area (Å²) in [5, 5.41) is 12.7. The van der Waals surface area contributed by atoms with E-state index >= 15 is 0 Å². The van der Waals surface area contributed by atoms with Crippen LogP contribution in [0.25, 0.3) is 0 Å². The van der Waals surface area contributed by atoms with E-state index in [-0.39, 0.29) is 12.0 Å². The van der Waals surface area contributed by atoms with E-state index in [1.807, 2.05) is 0 Å². The lowest BCUT2D eigenvalue weighted by molar-refractivity contribution is 0.230. The Bertz CT molecular complexity index is 379. The molecule has 2 nitrogen and oxygen atoms in total. The number of rotatable bonds is 1. The van der Waals surface area contributed by atoms with Gasteiger partial charge in [-0.05, 0) is 23.0 Å². The van der Waals surface area contributed by atoms with Crippen molar-refractivity contribution < 1.29 is 5.11 Å². The van der Waals surface area contributed by atoms with E-state index in [0.29, 0.717) is 5.92 Å². The number of fused-ring (bicyclic) bond motifs is 1. The molecule has 16 heavy (non-hydrogen) atoms. The molecule has 0 saturated heterocycles. The number of aliphatic hydroxyl groups excluding tert-OH is 1. The van der Waals surface area contributed by atoms with Gasteiger partial charge in [0.05, 0.1) is 0 Å². The Morgan fingerprint density at radius 3 is 2.75 bits per heavy atom. The summed E-state index contributed by atoms with van der Waals surface area (Å²) in [6.45, 7) is 7.87. The molecule has 2 heteroatoms. The fourth-order valence-electron chi connectivity index (χ4n) is 2.36. The minimum absolute atomic E-state index is 0.171. The van der Waals surface area contributed by atoms with Crippen molar-refractivity contribution in [2.75, 3.05) is 18.5 Å². The second-order valence-electron chi connectivity index (χ2n) is 5.72. The minimum atomic E-state index is 0.171. The predicted molar refractivity (Wildman–Crippen MR) is 67.9 cm³/mol. The number of anilines is 1. The highest BCUT2D eigenvalue weighted by molar-refractivity contribution is 5.61. The standard InChI is InChI=1S/C14H21NO/c1-14(2,3)12-6-4-5-11-7-10(9-16)8-15-13(11)12/h4-6,10,15-16H,7-9H2,1-3H3. The van der Waals surface area contributed by atoms with Crippen LogP contribution in [0, 0.1) is 5.92 Å². The highest BCUT2D eigenvalue weighted by atomic mass is 16.3. The molecule has 1 unspecified atom stereocenters. The molecule has 0 fully saturated rings. The third-order valence-corrected chi connectivity index (χ3v) is 3.29. The molecule has 2 rings (SSSR count). The summed E-state index contributed by atoms with van der Waals surface area (Å²) in [4.78, 5) is 0. The van der Waals surface area contributed by atoms with Crippen molar-refractivity contribution in [3.8, 4) is 0 Å². The van der Waals surface area contributed by atoms with Crippen LogP contribution in [0.15, 0.2) is 18.2 Å². The number of aliphatic hydroxyl groups is 1. The van der Waals surface area contributed by atoms with E-state index in [0.717, 1.165) is 13.0 Å². The van der Waals surface area contributed by atoms with Gasteiger partial charge in [-0.3, -0.25) is 0 Å². The van der Waals surface area contributed by atoms with Crippen LogP contribution in [0.1, 0.15) is 31.9 Å². The summed E-state index contributed by atoms with van der Waals surface area (Å²) in [6.07, 6.45) is 0.989. The summed E-state index contributed by atoms with van der Waals surface area (Å²) in [5.41, 5.74) is 4.18. The van der Waals surface area contributed by atoms with Gasteiger partial charge in [-0.15, -0.1) is 0 Å². The molecule has 1 aliphatic heterocycles. The van der Waals surface area contributed by atoms with Gasteiger partial charge >= 0.3 is 0 Å². The van der Waals surface area contributed by atoms with Crippen LogP contribution in [-0.2, 0) is 11.8 Å². The Morgan fingerprint density at radius 1 is 1.38 bits per heavy atom. The molecule has 88 valence electrons. The number of benzene rings is 1. The monoisotopic (exact) mass is 219 g/mol. The SMILES string of the molecule is CC(C)(C)c1cccc2c1NCC(CO)C2. The van der Waals surface area contributed by atoms with Crippen LogP contribution >= 0.6 is 0 Å². The van der Waals surface area contributed by atoms with Crippen LogP contribution in [0.4, 0.5) is 5.69 Å². The second kappa shape index (κ2) is 4.10. The van der Waals surface area contributed by atoms with Crippen molar-refractivity contribution in [3.63, 3.8) is 0 Å². The van der Waals surface area contributed by atoms with E-state index in [1.54, 1.807) is 0 Å². The molecule has 0 amide bonds. The topological polar surface area (TPSA) is 32.3 Å². The lowest BCUT2D eigenvalue weighted by atomic mass is 9.82. The largest absolute Gasteiger partial charge is 0.396 e. The maximum atomic E-state index is 9.21. The molecule has 1 heterocycles. The minimum Gasteiger partial charge on any atom is -0.396 e. The molecule has 1 aromatic carbocycles. The Hall–Kier alpha value is -1.02. The highest BCUT2D eigenvalue weighted by Crippen LogP contribution is 2.35. The van der Waals surface area contributed by atoms with Gasteiger partial charge in [0.2, 0.25) is 0 Å². The van der Waals surface area contributed by atoms with Gasteiger partial charge in [-0.25, -0.2) is 0 Å². The molecule has 0 radical (unpaired) electrons. The first-order valence-electron chi connectivity index (χ1n) is 5.99. The quantitative estimate of drug-likeness (QED) is 0.761. The van der Waals surface area contributed by atoms with E-state index < -0.39 is 0 Å². The second-order valence-corrected chi connectivity index (χ2v) is 5.72. The summed E-state index contributed by atoms with van der Waals surface area (Å²) in [7, 11) is 0. The van der Waals surface area contributed by atoms with Gasteiger partial charge in [0.1, 0.15) is 0 Å². The van der Waals surface area contributed by atoms with Crippen LogP contribution in [0.5, 0.6) is 0 Å². The van der Waals surface area contributed by atoms with E-state index in [1.165, 1.54) is 16.8 Å². The summed E-state index contributed by atoms with van der Waals surface area (Å²) in [6, 6.07) is 6.49. The molecule has 0 aromatic heterocycles. The maximum absolute atomic E-state index is 9.21. The predicted octanol–water partition coefficient (Wildman–Crippen LogP) is 2.56. The number of nitrogens with one attached hydrogen (secondary N) is 1. The molecule has 0 bridgehead atoms. The lowest BCUT2D eigenvalue weighted by Crippen LogP contribution is -2.28. The van der Waals surface area contributed by atoms with Gasteiger partial charge in [-0.1, -0.05) is 39.0 Å². The molecule has 1 atom stereocenters. The zero-order valence-electron chi connectivity index (χ0n) is 10.4. The van der Waals surface area contributed by atoms with E-state index in [4.69, 9.17) is 0 Å². The molecule has 0 aliphatic carbocycles. The van der Waals surface area contributed by atoms with Crippen molar-refractivity contribution in [3.05, 3.63) is 29.3 Å². The molecule has 1 aromatic rings. The first kappa shape index (κ1) is 11.5. The average Bonchev–Trinajstić information content (AvgIpc) is 2.26. The van der Waals surface area contributed by atoms with Crippen molar-refractivity contribution >= 4 is 5.69 Å². The molecule has 1 aliphatic rings. The van der Waals surface area contributed by atoms with Crippen LogP contribution in [0.2, 0.25) is 0 Å². The zero-order chi connectivity index (χ0) is 11.8. The van der Waals surface area contributed by atoms with Gasteiger partial charge < -0.3 is 10.4 Å². The lowest BCUT2D eigenvalue weighted by Gasteiger charge is -2.31. The number of para-hydroxylation sites is 1. The number of hydrogen-bond acceptors (Lipinski definition) is 2. The highest BCUT2D eigenvalue weighted by Gasteiger charge is 2.24. The maximum Gasteiger partial charge on any atom is 0.0479 e. The molecule has 2 N–H and O–H groups in total. The third-order valence-electron chi connectivity index (χ3n) is 3.29. The van der Waals surface area contributed by atoms with Gasteiger partial charge in [0.25, 0.3) is 0 Å². The number of hydrogen-bond donors (Lipinski definition) is 2. The average molecular weight is 219 g/mol. The first-order chi connectivity index (χ1) is 7.52. The summed E-state index contributed by atoms with van der Waals surface area (Å²) >= 11 is 0. The Morgan fingerprint density at radius 2 is 2.12 bits per heavy atom.